The van der Waals surface area contributed by atoms with Gasteiger partial charge in [0.05, 0.1) is 0 Å². The highest BCUT2D eigenvalue weighted by atomic mass is 35.5. The van der Waals surface area contributed by atoms with Gasteiger partial charge in [0, 0.05) is 18.0 Å². The Morgan fingerprint density at radius 3 is 2.78 bits per heavy atom. The number of nitrogens with zero attached hydrogens (tertiary/aromatic N) is 2. The first-order valence-electron chi connectivity index (χ1n) is 8.93. The van der Waals surface area contributed by atoms with Crippen LogP contribution in [0.2, 0.25) is 0 Å². The minimum atomic E-state index is -0.903. The quantitative estimate of drug-likeness (QED) is 0.536. The van der Waals surface area contributed by atoms with Crippen molar-refractivity contribution in [3.63, 3.8) is 0 Å². The maximum atomic E-state index is 11.4. The number of rotatable bonds is 7. The molecule has 0 fully saturated rings. The van der Waals surface area contributed by atoms with E-state index in [9.17, 15) is 9.90 Å². The van der Waals surface area contributed by atoms with E-state index in [1.165, 1.54) is 9.98 Å². The highest BCUT2D eigenvalue weighted by molar-refractivity contribution is 6.15. The lowest BCUT2D eigenvalue weighted by atomic mass is 9.87. The summed E-state index contributed by atoms with van der Waals surface area (Å²) in [6, 6.07) is 7.41. The Labute approximate surface area is 163 Å². The zero-order chi connectivity index (χ0) is 19.4. The lowest BCUT2D eigenvalue weighted by Gasteiger charge is -2.26. The van der Waals surface area contributed by atoms with Crippen molar-refractivity contribution in [2.24, 2.45) is 11.0 Å². The van der Waals surface area contributed by atoms with E-state index in [2.05, 4.69) is 39.8 Å². The summed E-state index contributed by atoms with van der Waals surface area (Å²) in [6.45, 7) is 4.11. The van der Waals surface area contributed by atoms with Gasteiger partial charge in [0.1, 0.15) is 6.04 Å². The Morgan fingerprint density at radius 2 is 2.19 bits per heavy atom. The standard InChI is InChI=1S/C19H24ClN5O2/c1-12(2)17(19(26)27)25(20)11-13-7-9-14(10-8-13)15-5-3-4-6-16(15)18-21-23-24-22-18/h3-9,12,14,17,23-24H,10-11H2,1-2H3,(H,21,22)(H,26,27)/t14?,17-/m0/s1. The fourth-order valence-electron chi connectivity index (χ4n) is 3.38. The van der Waals surface area contributed by atoms with E-state index in [-0.39, 0.29) is 11.8 Å². The number of hydrazone groups is 1. The predicted octanol–water partition coefficient (Wildman–Crippen LogP) is 2.50. The molecule has 0 saturated heterocycles. The van der Waals surface area contributed by atoms with Gasteiger partial charge in [-0.2, -0.15) is 0 Å². The van der Waals surface area contributed by atoms with Crippen LogP contribution in [-0.4, -0.2) is 33.9 Å². The largest absolute Gasteiger partial charge is 0.480 e. The van der Waals surface area contributed by atoms with Crippen LogP contribution in [0.5, 0.6) is 0 Å². The molecule has 144 valence electrons. The second-order valence-electron chi connectivity index (χ2n) is 6.97. The summed E-state index contributed by atoms with van der Waals surface area (Å²) in [4.78, 5) is 11.4. The molecule has 8 heteroatoms. The van der Waals surface area contributed by atoms with Crippen molar-refractivity contribution >= 4 is 23.6 Å². The van der Waals surface area contributed by atoms with Gasteiger partial charge in [0.25, 0.3) is 0 Å². The molecular weight excluding hydrogens is 366 g/mol. The number of nitrogens with one attached hydrogen (secondary N) is 3. The Morgan fingerprint density at radius 1 is 1.41 bits per heavy atom. The molecular formula is C19H24ClN5O2. The summed E-state index contributed by atoms with van der Waals surface area (Å²) in [5.41, 5.74) is 11.7. The van der Waals surface area contributed by atoms with Gasteiger partial charge in [-0.15, -0.1) is 10.6 Å². The lowest BCUT2D eigenvalue weighted by molar-refractivity contribution is -0.142. The average Bonchev–Trinajstić information content (AvgIpc) is 3.16. The van der Waals surface area contributed by atoms with Crippen LogP contribution in [0, 0.1) is 5.92 Å². The highest BCUT2D eigenvalue weighted by Gasteiger charge is 2.28. The van der Waals surface area contributed by atoms with Crippen LogP contribution in [0.25, 0.3) is 0 Å². The molecule has 1 aliphatic heterocycles. The Balaban J connectivity index is 1.69. The van der Waals surface area contributed by atoms with Crippen LogP contribution in [0.4, 0.5) is 0 Å². The molecule has 0 radical (unpaired) electrons. The number of hydrogen-bond donors (Lipinski definition) is 4. The summed E-state index contributed by atoms with van der Waals surface area (Å²) in [5, 5.41) is 13.6. The van der Waals surface area contributed by atoms with E-state index >= 15 is 0 Å². The fraction of sp³-hybridized carbons (Fsp3) is 0.368. The molecule has 4 N–H and O–H groups in total. The fourth-order valence-corrected chi connectivity index (χ4v) is 3.82. The van der Waals surface area contributed by atoms with E-state index < -0.39 is 12.0 Å². The number of carboxylic acid groups (broad SMARTS) is 1. The summed E-state index contributed by atoms with van der Waals surface area (Å²) >= 11 is 6.27. The van der Waals surface area contributed by atoms with Crippen LogP contribution >= 0.6 is 11.8 Å². The zero-order valence-corrected chi connectivity index (χ0v) is 16.1. The third-order valence-corrected chi connectivity index (χ3v) is 5.05. The first kappa shape index (κ1) is 19.4. The van der Waals surface area contributed by atoms with Gasteiger partial charge >= 0.3 is 5.97 Å². The van der Waals surface area contributed by atoms with Crippen molar-refractivity contribution in [2.75, 3.05) is 6.54 Å². The topological polar surface area (TPSA) is 89.0 Å². The predicted molar refractivity (Wildman–Crippen MR) is 106 cm³/mol. The van der Waals surface area contributed by atoms with Crippen molar-refractivity contribution in [1.29, 1.82) is 0 Å². The normalized spacial score (nSPS) is 20.1. The number of carbonyl (C=O) groups is 1. The SMILES string of the molecule is CC(C)[C@@H](C(=O)O)N(Cl)CC1=CCC(c2ccccc2C2=NNNN2)C=C1. The summed E-state index contributed by atoms with van der Waals surface area (Å²) in [7, 11) is 0. The van der Waals surface area contributed by atoms with Crippen molar-refractivity contribution in [1.82, 2.24) is 20.9 Å². The third kappa shape index (κ3) is 4.50. The third-order valence-electron chi connectivity index (χ3n) is 4.72. The van der Waals surface area contributed by atoms with Crippen molar-refractivity contribution in [3.8, 4) is 0 Å². The van der Waals surface area contributed by atoms with Crippen LogP contribution < -0.4 is 16.5 Å². The van der Waals surface area contributed by atoms with Crippen molar-refractivity contribution < 1.29 is 9.90 Å². The van der Waals surface area contributed by atoms with E-state index in [0.717, 1.165) is 23.4 Å². The van der Waals surface area contributed by atoms with Gasteiger partial charge in [0.2, 0.25) is 0 Å². The summed E-state index contributed by atoms with van der Waals surface area (Å²) < 4.78 is 1.38. The second-order valence-corrected chi connectivity index (χ2v) is 7.41. The number of carboxylic acids is 1. The van der Waals surface area contributed by atoms with Gasteiger partial charge in [0.15, 0.2) is 5.84 Å². The molecule has 0 amide bonds. The molecule has 1 heterocycles. The Kier molecular flexibility index (Phi) is 6.15. The molecule has 1 aliphatic carbocycles. The van der Waals surface area contributed by atoms with Crippen LogP contribution in [0.15, 0.2) is 53.2 Å². The Bertz CT molecular complexity index is 790. The number of aliphatic carboxylic acids is 1. The minimum absolute atomic E-state index is 0.0744. The van der Waals surface area contributed by atoms with Crippen LogP contribution in [0.1, 0.15) is 37.3 Å². The monoisotopic (exact) mass is 389 g/mol. The van der Waals surface area contributed by atoms with Gasteiger partial charge in [-0.05, 0) is 35.3 Å². The number of amidine groups is 1. The molecule has 0 spiro atoms. The van der Waals surface area contributed by atoms with Gasteiger partial charge in [-0.25, -0.2) is 9.95 Å². The minimum Gasteiger partial charge on any atom is -0.480 e. The number of hydrazine groups is 2. The number of hydrogen-bond acceptors (Lipinski definition) is 6. The molecule has 1 aromatic carbocycles. The Hall–Kier alpha value is -2.35. The lowest BCUT2D eigenvalue weighted by Crippen LogP contribution is -2.40. The van der Waals surface area contributed by atoms with Gasteiger partial charge in [-0.1, -0.05) is 56.3 Å². The number of allylic oxidation sites excluding steroid dienone is 2. The highest BCUT2D eigenvalue weighted by Crippen LogP contribution is 2.30. The summed E-state index contributed by atoms with van der Waals surface area (Å²) in [5.74, 6) is -0.00455. The van der Waals surface area contributed by atoms with E-state index in [4.69, 9.17) is 11.8 Å². The van der Waals surface area contributed by atoms with Gasteiger partial charge < -0.3 is 5.11 Å². The molecule has 2 aliphatic rings. The number of halogens is 1. The molecule has 1 aromatic rings. The van der Waals surface area contributed by atoms with E-state index in [1.807, 2.05) is 38.1 Å². The maximum absolute atomic E-state index is 11.4. The average molecular weight is 390 g/mol. The van der Waals surface area contributed by atoms with E-state index in [1.54, 1.807) is 0 Å². The molecule has 7 nitrogen and oxygen atoms in total. The number of benzene rings is 1. The maximum Gasteiger partial charge on any atom is 0.322 e. The molecule has 27 heavy (non-hydrogen) atoms. The van der Waals surface area contributed by atoms with Gasteiger partial charge in [-0.3, -0.25) is 10.2 Å². The zero-order valence-electron chi connectivity index (χ0n) is 15.3. The van der Waals surface area contributed by atoms with E-state index in [0.29, 0.717) is 6.54 Å². The molecule has 1 unspecified atom stereocenters. The van der Waals surface area contributed by atoms with Crippen molar-refractivity contribution in [2.45, 2.75) is 32.2 Å². The second kappa shape index (κ2) is 8.56. The molecule has 0 aromatic heterocycles. The molecule has 0 bridgehead atoms. The first-order valence-corrected chi connectivity index (χ1v) is 9.26. The smallest absolute Gasteiger partial charge is 0.322 e. The van der Waals surface area contributed by atoms with Crippen LogP contribution in [-0.2, 0) is 4.79 Å². The first-order chi connectivity index (χ1) is 13.0. The summed E-state index contributed by atoms with van der Waals surface area (Å²) in [6.07, 6.45) is 7.11. The molecule has 2 atom stereocenters. The van der Waals surface area contributed by atoms with Crippen LogP contribution in [0.3, 0.4) is 0 Å². The van der Waals surface area contributed by atoms with Crippen molar-refractivity contribution in [3.05, 3.63) is 59.2 Å². The molecule has 3 rings (SSSR count). The molecule has 0 saturated carbocycles.